The van der Waals surface area contributed by atoms with Crippen LogP contribution in [-0.2, 0) is 28.8 Å². The summed E-state index contributed by atoms with van der Waals surface area (Å²) in [6, 6.07) is 21.0. The van der Waals surface area contributed by atoms with Crippen LogP contribution in [0, 0.1) is 0 Å². The van der Waals surface area contributed by atoms with E-state index in [0.717, 1.165) is 10.8 Å². The van der Waals surface area contributed by atoms with Crippen molar-refractivity contribution in [2.75, 3.05) is 26.4 Å². The predicted molar refractivity (Wildman–Crippen MR) is 120 cm³/mol. The average molecular weight is 431 g/mol. The Balaban J connectivity index is 2.22. The Morgan fingerprint density at radius 3 is 1.87 bits per heavy atom. The SMILES string of the molecule is CCOC1(OCC)CC[Si](OCC)(c2ccccc2)OC1(OCC)c1ccccc1. The van der Waals surface area contributed by atoms with Crippen molar-refractivity contribution in [3.8, 4) is 0 Å². The van der Waals surface area contributed by atoms with Gasteiger partial charge in [-0.1, -0.05) is 60.7 Å². The molecule has 0 spiro atoms. The smallest absolute Gasteiger partial charge is 0.375 e. The van der Waals surface area contributed by atoms with Crippen LogP contribution in [0.1, 0.15) is 39.7 Å². The molecule has 2 aromatic carbocycles. The van der Waals surface area contributed by atoms with Crippen LogP contribution in [0.15, 0.2) is 60.7 Å². The molecule has 30 heavy (non-hydrogen) atoms. The van der Waals surface area contributed by atoms with Crippen LogP contribution in [-0.4, -0.2) is 40.8 Å². The molecule has 164 valence electrons. The molecular formula is C24H34O5Si. The summed E-state index contributed by atoms with van der Waals surface area (Å²) in [7, 11) is -2.85. The van der Waals surface area contributed by atoms with E-state index in [2.05, 4.69) is 12.1 Å². The minimum Gasteiger partial charge on any atom is -0.391 e. The van der Waals surface area contributed by atoms with Gasteiger partial charge in [-0.25, -0.2) is 0 Å². The standard InChI is InChI=1S/C24H34O5Si/c1-5-25-23(26-6-2)19-20-30(28-8-4,22-17-13-10-14-18-22)29-24(23,27-7-3)21-15-11-9-12-16-21/h9-18H,5-8,19-20H2,1-4H3. The highest BCUT2D eigenvalue weighted by Crippen LogP contribution is 2.51. The molecule has 1 aliphatic rings. The molecule has 6 heteroatoms. The van der Waals surface area contributed by atoms with Gasteiger partial charge in [0.2, 0.25) is 11.6 Å². The second-order valence-corrected chi connectivity index (χ2v) is 10.3. The van der Waals surface area contributed by atoms with Crippen LogP contribution < -0.4 is 5.19 Å². The van der Waals surface area contributed by atoms with Gasteiger partial charge in [0.1, 0.15) is 0 Å². The normalized spacial score (nSPS) is 25.9. The van der Waals surface area contributed by atoms with Crippen molar-refractivity contribution < 1.29 is 23.1 Å². The van der Waals surface area contributed by atoms with Crippen LogP contribution in [0.25, 0.3) is 0 Å². The minimum atomic E-state index is -2.85. The Morgan fingerprint density at radius 1 is 0.767 bits per heavy atom. The molecule has 2 aromatic rings. The third-order valence-electron chi connectivity index (χ3n) is 5.44. The summed E-state index contributed by atoms with van der Waals surface area (Å²) in [5.41, 5.74) is 0.876. The molecular weight excluding hydrogens is 396 g/mol. The molecule has 5 nitrogen and oxygen atoms in total. The number of benzene rings is 2. The van der Waals surface area contributed by atoms with E-state index in [0.29, 0.717) is 38.9 Å². The molecule has 1 aliphatic heterocycles. The van der Waals surface area contributed by atoms with Crippen LogP contribution >= 0.6 is 0 Å². The first-order valence-electron chi connectivity index (χ1n) is 11.0. The van der Waals surface area contributed by atoms with E-state index < -0.39 is 20.1 Å². The monoisotopic (exact) mass is 430 g/mol. The maximum atomic E-state index is 7.08. The lowest BCUT2D eigenvalue weighted by atomic mass is 9.93. The van der Waals surface area contributed by atoms with Gasteiger partial charge in [-0.15, -0.1) is 0 Å². The van der Waals surface area contributed by atoms with Gasteiger partial charge in [-0.2, -0.15) is 0 Å². The fraction of sp³-hybridized carbons (Fsp3) is 0.500. The lowest BCUT2D eigenvalue weighted by Crippen LogP contribution is -2.71. The largest absolute Gasteiger partial charge is 0.391 e. The van der Waals surface area contributed by atoms with Gasteiger partial charge in [-0.05, 0) is 32.9 Å². The van der Waals surface area contributed by atoms with Crippen LogP contribution in [0.2, 0.25) is 6.04 Å². The third-order valence-corrected chi connectivity index (χ3v) is 8.93. The van der Waals surface area contributed by atoms with Crippen LogP contribution in [0.4, 0.5) is 0 Å². The second-order valence-electron chi connectivity index (χ2n) is 7.19. The van der Waals surface area contributed by atoms with Gasteiger partial charge in [0, 0.05) is 44.5 Å². The predicted octanol–water partition coefficient (Wildman–Crippen LogP) is 4.45. The van der Waals surface area contributed by atoms with E-state index >= 15 is 0 Å². The van der Waals surface area contributed by atoms with Crippen molar-refractivity contribution in [3.05, 3.63) is 66.2 Å². The Kier molecular flexibility index (Phi) is 7.85. The van der Waals surface area contributed by atoms with E-state index in [9.17, 15) is 0 Å². The molecule has 1 saturated heterocycles. The molecule has 3 rings (SSSR count). The van der Waals surface area contributed by atoms with Crippen molar-refractivity contribution >= 4 is 13.7 Å². The van der Waals surface area contributed by atoms with E-state index in [1.54, 1.807) is 0 Å². The second kappa shape index (κ2) is 10.2. The summed E-state index contributed by atoms with van der Waals surface area (Å²) in [6.07, 6.45) is 0.616. The molecule has 0 aliphatic carbocycles. The molecule has 2 unspecified atom stereocenters. The van der Waals surface area contributed by atoms with Gasteiger partial charge in [0.05, 0.1) is 0 Å². The molecule has 0 saturated carbocycles. The summed E-state index contributed by atoms with van der Waals surface area (Å²) in [4.78, 5) is 0. The number of hydrogen-bond donors (Lipinski definition) is 0. The topological polar surface area (TPSA) is 46.2 Å². The zero-order chi connectivity index (χ0) is 21.5. The average Bonchev–Trinajstić information content (AvgIpc) is 2.78. The summed E-state index contributed by atoms with van der Waals surface area (Å²) >= 11 is 0. The minimum absolute atomic E-state index is 0.447. The number of rotatable bonds is 10. The Bertz CT molecular complexity index is 766. The summed E-state index contributed by atoms with van der Waals surface area (Å²) in [6.45, 7) is 9.91. The fourth-order valence-electron chi connectivity index (χ4n) is 4.37. The van der Waals surface area contributed by atoms with Gasteiger partial charge in [-0.3, -0.25) is 0 Å². The van der Waals surface area contributed by atoms with E-state index in [4.69, 9.17) is 23.1 Å². The molecule has 0 radical (unpaired) electrons. The number of hydrogen-bond acceptors (Lipinski definition) is 5. The molecule has 0 N–H and O–H groups in total. The first-order valence-corrected chi connectivity index (χ1v) is 13.0. The van der Waals surface area contributed by atoms with Gasteiger partial charge in [0.15, 0.2) is 0 Å². The van der Waals surface area contributed by atoms with Gasteiger partial charge < -0.3 is 23.1 Å². The first-order chi connectivity index (χ1) is 14.6. The van der Waals surface area contributed by atoms with E-state index in [1.165, 1.54) is 0 Å². The summed E-state index contributed by atoms with van der Waals surface area (Å²) in [5, 5.41) is 1.09. The number of ether oxygens (including phenoxy) is 3. The highest BCUT2D eigenvalue weighted by atomic mass is 28.4. The first kappa shape index (κ1) is 23.1. The van der Waals surface area contributed by atoms with Gasteiger partial charge in [0.25, 0.3) is 0 Å². The van der Waals surface area contributed by atoms with Crippen LogP contribution in [0.5, 0.6) is 0 Å². The quantitative estimate of drug-likeness (QED) is 0.412. The Hall–Kier alpha value is -1.54. The molecule has 0 bridgehead atoms. The molecule has 0 amide bonds. The zero-order valence-electron chi connectivity index (χ0n) is 18.6. The maximum Gasteiger partial charge on any atom is 0.375 e. The lowest BCUT2D eigenvalue weighted by Gasteiger charge is -2.55. The molecule has 1 fully saturated rings. The van der Waals surface area contributed by atoms with Crippen molar-refractivity contribution in [3.63, 3.8) is 0 Å². The van der Waals surface area contributed by atoms with E-state index in [1.807, 2.05) is 76.2 Å². The molecule has 1 heterocycles. The van der Waals surface area contributed by atoms with Crippen molar-refractivity contribution in [1.82, 2.24) is 0 Å². The van der Waals surface area contributed by atoms with E-state index in [-0.39, 0.29) is 0 Å². The van der Waals surface area contributed by atoms with Crippen LogP contribution in [0.3, 0.4) is 0 Å². The zero-order valence-corrected chi connectivity index (χ0v) is 19.6. The molecule has 2 atom stereocenters. The maximum absolute atomic E-state index is 7.08. The summed E-state index contributed by atoms with van der Waals surface area (Å²) < 4.78 is 32.7. The van der Waals surface area contributed by atoms with Crippen molar-refractivity contribution in [2.24, 2.45) is 0 Å². The molecule has 0 aromatic heterocycles. The van der Waals surface area contributed by atoms with Crippen molar-refractivity contribution in [1.29, 1.82) is 0 Å². The Morgan fingerprint density at radius 2 is 1.33 bits per heavy atom. The lowest BCUT2D eigenvalue weighted by molar-refractivity contribution is -0.408. The Labute approximate surface area is 181 Å². The van der Waals surface area contributed by atoms with Gasteiger partial charge >= 0.3 is 8.56 Å². The fourth-order valence-corrected chi connectivity index (χ4v) is 7.87. The van der Waals surface area contributed by atoms with Crippen molar-refractivity contribution in [2.45, 2.75) is 51.7 Å². The highest BCUT2D eigenvalue weighted by Gasteiger charge is 2.66. The summed E-state index contributed by atoms with van der Waals surface area (Å²) in [5.74, 6) is -2.29. The third kappa shape index (κ3) is 4.13. The highest BCUT2D eigenvalue weighted by molar-refractivity contribution is 6.81.